The number of anilines is 1. The second kappa shape index (κ2) is 7.81. The Labute approximate surface area is 147 Å². The van der Waals surface area contributed by atoms with Gasteiger partial charge in [-0.1, -0.05) is 0 Å². The van der Waals surface area contributed by atoms with E-state index in [4.69, 9.17) is 0 Å². The van der Waals surface area contributed by atoms with Gasteiger partial charge in [0, 0.05) is 24.5 Å². The van der Waals surface area contributed by atoms with Crippen molar-refractivity contribution in [1.82, 2.24) is 15.0 Å². The quantitative estimate of drug-likeness (QED) is 0.717. The largest absolute Gasteiger partial charge is 0.573 e. The van der Waals surface area contributed by atoms with Crippen molar-refractivity contribution in [3.05, 3.63) is 66.7 Å². The summed E-state index contributed by atoms with van der Waals surface area (Å²) in [5.74, 6) is 0.350. The summed E-state index contributed by atoms with van der Waals surface area (Å²) in [4.78, 5) is 12.5. The van der Waals surface area contributed by atoms with Crippen molar-refractivity contribution in [3.63, 3.8) is 0 Å². The van der Waals surface area contributed by atoms with E-state index in [9.17, 15) is 13.2 Å². The monoisotopic (exact) mass is 360 g/mol. The van der Waals surface area contributed by atoms with Gasteiger partial charge in [0.2, 0.25) is 0 Å². The van der Waals surface area contributed by atoms with Gasteiger partial charge in [0.1, 0.15) is 11.6 Å². The molecule has 3 aromatic rings. The number of aromatic nitrogens is 3. The molecule has 0 aliphatic carbocycles. The molecule has 5 nitrogen and oxygen atoms in total. The van der Waals surface area contributed by atoms with Gasteiger partial charge >= 0.3 is 6.36 Å². The minimum Gasteiger partial charge on any atom is -0.406 e. The summed E-state index contributed by atoms with van der Waals surface area (Å²) < 4.78 is 40.3. The molecule has 2 heterocycles. The standard InChI is InChI=1S/C18H15F3N4O/c19-18(20,21)26-15-3-1-14(2-4-15)16-11-25-17(12-24-16)23-10-7-13-5-8-22-9-6-13/h1-6,8-9,11-12H,7,10H2,(H,23,25). The number of alkyl halides is 3. The topological polar surface area (TPSA) is 59.9 Å². The third kappa shape index (κ3) is 5.17. The smallest absolute Gasteiger partial charge is 0.406 e. The van der Waals surface area contributed by atoms with Crippen molar-refractivity contribution in [2.75, 3.05) is 11.9 Å². The van der Waals surface area contributed by atoms with Crippen LogP contribution in [0.1, 0.15) is 5.56 Å². The van der Waals surface area contributed by atoms with Crippen LogP contribution in [-0.2, 0) is 6.42 Å². The highest BCUT2D eigenvalue weighted by molar-refractivity contribution is 5.59. The Morgan fingerprint density at radius 1 is 0.923 bits per heavy atom. The lowest BCUT2D eigenvalue weighted by Gasteiger charge is -2.09. The number of hydrogen-bond acceptors (Lipinski definition) is 5. The molecule has 0 aliphatic rings. The van der Waals surface area contributed by atoms with Crippen LogP contribution in [0.2, 0.25) is 0 Å². The number of rotatable bonds is 6. The molecule has 0 saturated carbocycles. The number of nitrogens with one attached hydrogen (secondary N) is 1. The third-order valence-electron chi connectivity index (χ3n) is 3.50. The molecule has 0 spiro atoms. The van der Waals surface area contributed by atoms with E-state index in [0.29, 0.717) is 23.6 Å². The SMILES string of the molecule is FC(F)(F)Oc1ccc(-c2cnc(NCCc3ccncc3)cn2)cc1. The van der Waals surface area contributed by atoms with E-state index in [-0.39, 0.29) is 5.75 Å². The Morgan fingerprint density at radius 2 is 1.65 bits per heavy atom. The van der Waals surface area contributed by atoms with Crippen LogP contribution >= 0.6 is 0 Å². The normalized spacial score (nSPS) is 11.2. The van der Waals surface area contributed by atoms with Crippen molar-refractivity contribution in [3.8, 4) is 17.0 Å². The molecule has 3 rings (SSSR count). The molecule has 2 aromatic heterocycles. The Kier molecular flexibility index (Phi) is 5.31. The lowest BCUT2D eigenvalue weighted by atomic mass is 10.1. The highest BCUT2D eigenvalue weighted by atomic mass is 19.4. The van der Waals surface area contributed by atoms with Gasteiger partial charge in [-0.3, -0.25) is 9.97 Å². The molecular formula is C18H15F3N4O. The summed E-state index contributed by atoms with van der Waals surface area (Å²) in [5.41, 5.74) is 2.37. The molecule has 0 atom stereocenters. The van der Waals surface area contributed by atoms with Crippen LogP contribution in [-0.4, -0.2) is 27.9 Å². The molecule has 134 valence electrons. The lowest BCUT2D eigenvalue weighted by molar-refractivity contribution is -0.274. The third-order valence-corrected chi connectivity index (χ3v) is 3.50. The molecule has 0 amide bonds. The highest BCUT2D eigenvalue weighted by Crippen LogP contribution is 2.25. The van der Waals surface area contributed by atoms with Gasteiger partial charge < -0.3 is 10.1 Å². The predicted octanol–water partition coefficient (Wildman–Crippen LogP) is 4.09. The van der Waals surface area contributed by atoms with E-state index in [1.807, 2.05) is 12.1 Å². The number of ether oxygens (including phenoxy) is 1. The summed E-state index contributed by atoms with van der Waals surface area (Å²) in [6, 6.07) is 9.38. The first-order chi connectivity index (χ1) is 12.5. The fourth-order valence-electron chi connectivity index (χ4n) is 2.28. The second-order valence-corrected chi connectivity index (χ2v) is 5.39. The lowest BCUT2D eigenvalue weighted by Crippen LogP contribution is -2.16. The average molecular weight is 360 g/mol. The first-order valence-corrected chi connectivity index (χ1v) is 7.81. The summed E-state index contributed by atoms with van der Waals surface area (Å²) >= 11 is 0. The van der Waals surface area contributed by atoms with E-state index < -0.39 is 6.36 Å². The number of halogens is 3. The summed E-state index contributed by atoms with van der Waals surface area (Å²) in [7, 11) is 0. The van der Waals surface area contributed by atoms with Gasteiger partial charge in [-0.15, -0.1) is 13.2 Å². The summed E-state index contributed by atoms with van der Waals surface area (Å²) in [5, 5.41) is 3.17. The van der Waals surface area contributed by atoms with Gasteiger partial charge in [-0.2, -0.15) is 0 Å². The van der Waals surface area contributed by atoms with Gasteiger partial charge in [-0.05, 0) is 48.4 Å². The Hall–Kier alpha value is -3.16. The van der Waals surface area contributed by atoms with Crippen LogP contribution in [0.15, 0.2) is 61.2 Å². The minimum absolute atomic E-state index is 0.274. The predicted molar refractivity (Wildman–Crippen MR) is 90.6 cm³/mol. The molecule has 0 aliphatic heterocycles. The second-order valence-electron chi connectivity index (χ2n) is 5.39. The minimum atomic E-state index is -4.70. The van der Waals surface area contributed by atoms with Crippen molar-refractivity contribution < 1.29 is 17.9 Å². The molecule has 26 heavy (non-hydrogen) atoms. The molecule has 0 bridgehead atoms. The first kappa shape index (κ1) is 17.7. The van der Waals surface area contributed by atoms with Crippen LogP contribution in [0, 0.1) is 0 Å². The first-order valence-electron chi connectivity index (χ1n) is 7.81. The summed E-state index contributed by atoms with van der Waals surface area (Å²) in [6.07, 6.45) is 2.76. The maximum absolute atomic E-state index is 12.2. The van der Waals surface area contributed by atoms with E-state index in [2.05, 4.69) is 25.0 Å². The average Bonchev–Trinajstić information content (AvgIpc) is 2.63. The number of pyridine rings is 1. The van der Waals surface area contributed by atoms with Gasteiger partial charge in [0.25, 0.3) is 0 Å². The zero-order valence-corrected chi connectivity index (χ0v) is 13.6. The van der Waals surface area contributed by atoms with E-state index in [1.165, 1.54) is 29.8 Å². The van der Waals surface area contributed by atoms with Crippen LogP contribution < -0.4 is 10.1 Å². The van der Waals surface area contributed by atoms with Crippen LogP contribution in [0.3, 0.4) is 0 Å². The molecule has 1 N–H and O–H groups in total. The van der Waals surface area contributed by atoms with Crippen LogP contribution in [0.5, 0.6) is 5.75 Å². The zero-order valence-electron chi connectivity index (χ0n) is 13.6. The van der Waals surface area contributed by atoms with Crippen molar-refractivity contribution in [2.45, 2.75) is 12.8 Å². The number of hydrogen-bond donors (Lipinski definition) is 1. The molecular weight excluding hydrogens is 345 g/mol. The number of nitrogens with zero attached hydrogens (tertiary/aromatic N) is 3. The molecule has 8 heteroatoms. The number of benzene rings is 1. The van der Waals surface area contributed by atoms with E-state index in [1.54, 1.807) is 24.8 Å². The fourth-order valence-corrected chi connectivity index (χ4v) is 2.28. The fraction of sp³-hybridized carbons (Fsp3) is 0.167. The van der Waals surface area contributed by atoms with Crippen LogP contribution in [0.25, 0.3) is 11.3 Å². The zero-order chi connectivity index (χ0) is 18.4. The molecule has 0 radical (unpaired) electrons. The molecule has 0 fully saturated rings. The Bertz CT molecular complexity index is 822. The van der Waals surface area contributed by atoms with Crippen molar-refractivity contribution in [1.29, 1.82) is 0 Å². The maximum Gasteiger partial charge on any atom is 0.573 e. The van der Waals surface area contributed by atoms with Crippen LogP contribution in [0.4, 0.5) is 19.0 Å². The highest BCUT2D eigenvalue weighted by Gasteiger charge is 2.30. The molecule has 0 unspecified atom stereocenters. The molecule has 1 aromatic carbocycles. The van der Waals surface area contributed by atoms with Crippen molar-refractivity contribution in [2.24, 2.45) is 0 Å². The Balaban J connectivity index is 1.57. The Morgan fingerprint density at radius 3 is 2.27 bits per heavy atom. The van der Waals surface area contributed by atoms with Crippen molar-refractivity contribution >= 4 is 5.82 Å². The maximum atomic E-state index is 12.2. The van der Waals surface area contributed by atoms with Gasteiger partial charge in [0.05, 0.1) is 18.1 Å². The van der Waals surface area contributed by atoms with E-state index in [0.717, 1.165) is 6.42 Å². The molecule has 0 saturated heterocycles. The summed E-state index contributed by atoms with van der Waals surface area (Å²) in [6.45, 7) is 0.696. The van der Waals surface area contributed by atoms with Gasteiger partial charge in [-0.25, -0.2) is 4.98 Å². The van der Waals surface area contributed by atoms with E-state index >= 15 is 0 Å². The van der Waals surface area contributed by atoms with Gasteiger partial charge in [0.15, 0.2) is 0 Å².